The van der Waals surface area contributed by atoms with E-state index in [4.69, 9.17) is 11.5 Å². The van der Waals surface area contributed by atoms with E-state index in [0.717, 1.165) is 0 Å². The number of hydrogen-bond donors (Lipinski definition) is 2. The summed E-state index contributed by atoms with van der Waals surface area (Å²) >= 11 is 0. The second-order valence-electron chi connectivity index (χ2n) is 1.61. The molecule has 0 heterocycles. The van der Waals surface area contributed by atoms with Crippen molar-refractivity contribution in [1.82, 2.24) is 0 Å². The molecule has 10 heavy (non-hydrogen) atoms. The fourth-order valence-corrected chi connectivity index (χ4v) is 0.344. The van der Waals surface area contributed by atoms with Crippen LogP contribution >= 0.6 is 0 Å². The van der Waals surface area contributed by atoms with Gasteiger partial charge in [0.2, 0.25) is 0 Å². The van der Waals surface area contributed by atoms with Gasteiger partial charge in [-0.1, -0.05) is 7.43 Å². The molecule has 0 spiro atoms. The lowest BCUT2D eigenvalue weighted by Crippen LogP contribution is -2.22. The van der Waals surface area contributed by atoms with Gasteiger partial charge in [-0.05, 0) is 0 Å². The van der Waals surface area contributed by atoms with E-state index < -0.39 is 0 Å². The molecule has 0 aliphatic rings. The van der Waals surface area contributed by atoms with Crippen molar-refractivity contribution in [3.63, 3.8) is 0 Å². The highest BCUT2D eigenvalue weighted by Gasteiger charge is 1.92. The third-order valence-electron chi connectivity index (χ3n) is 0.937. The highest BCUT2D eigenvalue weighted by Crippen LogP contribution is 1.78. The van der Waals surface area contributed by atoms with Crippen LogP contribution < -0.4 is 11.5 Å². The average Bonchev–Trinajstić information content (AvgIpc) is 1.87. The monoisotopic (exact) mass is 144 g/mol. The molecule has 0 atom stereocenters. The van der Waals surface area contributed by atoms with Gasteiger partial charge in [0.05, 0.1) is 6.42 Å². The maximum Gasteiger partial charge on any atom is 0.101 e. The molecule has 0 aromatic carbocycles. The maximum absolute atomic E-state index is 5.34. The zero-order valence-corrected chi connectivity index (χ0v) is 5.76. The summed E-state index contributed by atoms with van der Waals surface area (Å²) in [6.07, 6.45) is 0.465. The van der Waals surface area contributed by atoms with Crippen LogP contribution in [0.3, 0.4) is 0 Å². The smallest absolute Gasteiger partial charge is 0.101 e. The summed E-state index contributed by atoms with van der Waals surface area (Å²) in [5, 5.41) is 0. The van der Waals surface area contributed by atoms with E-state index in [1.165, 1.54) is 0 Å². The molecule has 0 aromatic heterocycles. The van der Waals surface area contributed by atoms with Crippen molar-refractivity contribution in [2.24, 2.45) is 21.5 Å². The minimum atomic E-state index is 0. The largest absolute Gasteiger partial charge is 0.387 e. The van der Waals surface area contributed by atoms with Crippen molar-refractivity contribution in [1.29, 1.82) is 0 Å². The lowest BCUT2D eigenvalue weighted by molar-refractivity contribution is 1.28. The van der Waals surface area contributed by atoms with Gasteiger partial charge < -0.3 is 11.5 Å². The van der Waals surface area contributed by atoms with Crippen molar-refractivity contribution in [2.45, 2.75) is 13.8 Å². The first kappa shape index (κ1) is 11.7. The molecule has 0 radical (unpaired) electrons. The lowest BCUT2D eigenvalue weighted by Gasteiger charge is -1.95. The van der Waals surface area contributed by atoms with Gasteiger partial charge >= 0.3 is 0 Å². The Morgan fingerprint density at radius 1 is 1.10 bits per heavy atom. The molecule has 0 bridgehead atoms. The summed E-state index contributed by atoms with van der Waals surface area (Å²) in [7, 11) is 3.25. The van der Waals surface area contributed by atoms with E-state index >= 15 is 0 Å². The summed E-state index contributed by atoms with van der Waals surface area (Å²) in [6, 6.07) is 0. The maximum atomic E-state index is 5.34. The number of aliphatic imine (C=N–C) groups is 2. The van der Waals surface area contributed by atoms with E-state index in [2.05, 4.69) is 9.98 Å². The van der Waals surface area contributed by atoms with Gasteiger partial charge in [-0.25, -0.2) is 0 Å². The molecule has 0 saturated heterocycles. The van der Waals surface area contributed by atoms with Crippen LogP contribution in [0.5, 0.6) is 0 Å². The summed E-state index contributed by atoms with van der Waals surface area (Å²) in [5.74, 6) is 1.02. The molecule has 60 valence electrons. The number of amidine groups is 2. The lowest BCUT2D eigenvalue weighted by atomic mass is 10.4. The summed E-state index contributed by atoms with van der Waals surface area (Å²) in [5.41, 5.74) is 10.7. The van der Waals surface area contributed by atoms with Crippen molar-refractivity contribution in [3.8, 4) is 0 Å². The Morgan fingerprint density at radius 2 is 1.40 bits per heavy atom. The van der Waals surface area contributed by atoms with Crippen LogP contribution in [0.25, 0.3) is 0 Å². The standard InChI is InChI=1S/C5H12N4.CH4/c1-8-4(6)3-5(7)9-2;/h3H2,1-2H3,(H2,6,8)(H2,7,9);1H4. The molecule has 0 aliphatic carbocycles. The predicted octanol–water partition coefficient (Wildman–Crippen LogP) is -0.0134. The summed E-state index contributed by atoms with van der Waals surface area (Å²) in [4.78, 5) is 7.42. The van der Waals surface area contributed by atoms with E-state index in [-0.39, 0.29) is 7.43 Å². The molecule has 4 nitrogen and oxygen atoms in total. The minimum absolute atomic E-state index is 0. The van der Waals surface area contributed by atoms with Crippen molar-refractivity contribution < 1.29 is 0 Å². The van der Waals surface area contributed by atoms with Gasteiger partial charge in [0.15, 0.2) is 0 Å². The number of nitrogens with zero attached hydrogens (tertiary/aromatic N) is 2. The van der Waals surface area contributed by atoms with E-state index in [9.17, 15) is 0 Å². The molecule has 0 saturated carbocycles. The van der Waals surface area contributed by atoms with Crippen molar-refractivity contribution in [2.75, 3.05) is 14.1 Å². The van der Waals surface area contributed by atoms with Crippen LogP contribution in [-0.4, -0.2) is 25.8 Å². The Morgan fingerprint density at radius 3 is 1.60 bits per heavy atom. The van der Waals surface area contributed by atoms with Gasteiger partial charge in [0.25, 0.3) is 0 Å². The SMILES string of the molecule is C.CN=C(N)CC(N)=NC. The van der Waals surface area contributed by atoms with Crippen LogP contribution in [0.4, 0.5) is 0 Å². The minimum Gasteiger partial charge on any atom is -0.387 e. The van der Waals surface area contributed by atoms with Crippen LogP contribution in [0.2, 0.25) is 0 Å². The zero-order chi connectivity index (χ0) is 7.28. The Labute approximate surface area is 62.0 Å². The van der Waals surface area contributed by atoms with Crippen molar-refractivity contribution >= 4 is 11.7 Å². The molecular weight excluding hydrogens is 128 g/mol. The highest BCUT2D eigenvalue weighted by atomic mass is 14.9. The number of hydrogen-bond acceptors (Lipinski definition) is 2. The highest BCUT2D eigenvalue weighted by molar-refractivity contribution is 6.00. The van der Waals surface area contributed by atoms with E-state index in [0.29, 0.717) is 18.1 Å². The molecule has 0 amide bonds. The zero-order valence-electron chi connectivity index (χ0n) is 5.76. The van der Waals surface area contributed by atoms with Gasteiger partial charge in [0, 0.05) is 14.1 Å². The Kier molecular flexibility index (Phi) is 7.10. The molecule has 0 rings (SSSR count). The second-order valence-corrected chi connectivity index (χ2v) is 1.61. The Bertz CT molecular complexity index is 121. The quantitative estimate of drug-likeness (QED) is 0.422. The average molecular weight is 144 g/mol. The molecular formula is C6H16N4. The van der Waals surface area contributed by atoms with Gasteiger partial charge in [-0.15, -0.1) is 0 Å². The second kappa shape index (κ2) is 6.07. The normalized spacial score (nSPS) is 12.6. The molecule has 4 N–H and O–H groups in total. The first-order valence-corrected chi connectivity index (χ1v) is 2.63. The fraction of sp³-hybridized carbons (Fsp3) is 0.667. The topological polar surface area (TPSA) is 76.8 Å². The van der Waals surface area contributed by atoms with Gasteiger partial charge in [-0.2, -0.15) is 0 Å². The van der Waals surface area contributed by atoms with Crippen LogP contribution in [-0.2, 0) is 0 Å². The first-order valence-electron chi connectivity index (χ1n) is 2.63. The first-order chi connectivity index (χ1) is 4.20. The Balaban J connectivity index is 0. The number of rotatable bonds is 2. The van der Waals surface area contributed by atoms with Crippen LogP contribution in [0.1, 0.15) is 13.8 Å². The van der Waals surface area contributed by atoms with E-state index in [1.807, 2.05) is 0 Å². The Hall–Kier alpha value is -1.06. The molecule has 0 aliphatic heterocycles. The molecule has 0 unspecified atom stereocenters. The predicted molar refractivity (Wildman–Crippen MR) is 46.4 cm³/mol. The third-order valence-corrected chi connectivity index (χ3v) is 0.937. The summed E-state index contributed by atoms with van der Waals surface area (Å²) in [6.45, 7) is 0. The molecule has 4 heteroatoms. The fourth-order valence-electron chi connectivity index (χ4n) is 0.344. The van der Waals surface area contributed by atoms with Crippen LogP contribution in [0.15, 0.2) is 9.98 Å². The van der Waals surface area contributed by atoms with Gasteiger partial charge in [-0.3, -0.25) is 9.98 Å². The van der Waals surface area contributed by atoms with Crippen molar-refractivity contribution in [3.05, 3.63) is 0 Å². The molecule has 0 aromatic rings. The molecule has 0 fully saturated rings. The van der Waals surface area contributed by atoms with Gasteiger partial charge in [0.1, 0.15) is 11.7 Å². The third kappa shape index (κ3) is 5.08. The van der Waals surface area contributed by atoms with E-state index in [1.54, 1.807) is 14.1 Å². The van der Waals surface area contributed by atoms with Crippen LogP contribution in [0, 0.1) is 0 Å². The summed E-state index contributed by atoms with van der Waals surface area (Å²) < 4.78 is 0. The number of nitrogens with two attached hydrogens (primary N) is 2.